The second kappa shape index (κ2) is 7.50. The molecule has 4 nitrogen and oxygen atoms in total. The number of amides is 1. The average Bonchev–Trinajstić information content (AvgIpc) is 2.41. The zero-order valence-corrected chi connectivity index (χ0v) is 12.6. The van der Waals surface area contributed by atoms with Gasteiger partial charge in [0, 0.05) is 18.8 Å². The van der Waals surface area contributed by atoms with Gasteiger partial charge in [-0.15, -0.1) is 12.4 Å². The average molecular weight is 299 g/mol. The first-order chi connectivity index (χ1) is 9.08. The first-order valence-corrected chi connectivity index (χ1v) is 6.87. The normalized spacial score (nSPS) is 17.4. The summed E-state index contributed by atoms with van der Waals surface area (Å²) in [5.41, 5.74) is 7.43. The predicted molar refractivity (Wildman–Crippen MR) is 82.8 cm³/mol. The van der Waals surface area contributed by atoms with Gasteiger partial charge in [0.1, 0.15) is 0 Å². The monoisotopic (exact) mass is 298 g/mol. The molecule has 1 aromatic carbocycles. The van der Waals surface area contributed by atoms with Crippen LogP contribution in [0.5, 0.6) is 0 Å². The fourth-order valence-electron chi connectivity index (χ4n) is 2.60. The van der Waals surface area contributed by atoms with Crippen LogP contribution in [0.1, 0.15) is 25.3 Å². The number of carbonyl (C=O) groups is 1. The van der Waals surface area contributed by atoms with Gasteiger partial charge in [0.25, 0.3) is 0 Å². The van der Waals surface area contributed by atoms with Gasteiger partial charge in [0.05, 0.1) is 12.5 Å². The van der Waals surface area contributed by atoms with Crippen LogP contribution in [0.3, 0.4) is 0 Å². The first-order valence-electron chi connectivity index (χ1n) is 6.87. The number of halogens is 1. The molecule has 5 heteroatoms. The zero-order valence-electron chi connectivity index (χ0n) is 11.8. The van der Waals surface area contributed by atoms with Crippen molar-refractivity contribution in [2.45, 2.75) is 32.3 Å². The van der Waals surface area contributed by atoms with E-state index in [0.29, 0.717) is 18.0 Å². The third-order valence-electron chi connectivity index (χ3n) is 3.97. The second-order valence-electron chi connectivity index (χ2n) is 5.33. The van der Waals surface area contributed by atoms with Crippen LogP contribution in [0.15, 0.2) is 24.3 Å². The summed E-state index contributed by atoms with van der Waals surface area (Å²) >= 11 is 0. The number of nitrogens with two attached hydrogens (primary N) is 1. The summed E-state index contributed by atoms with van der Waals surface area (Å²) in [5.74, 6) is 0.452. The number of likely N-dealkylation sites (tertiary alicyclic amines) is 1. The summed E-state index contributed by atoms with van der Waals surface area (Å²) in [6, 6.07) is 7.49. The van der Waals surface area contributed by atoms with E-state index in [2.05, 4.69) is 0 Å². The van der Waals surface area contributed by atoms with E-state index >= 15 is 0 Å². The topological polar surface area (TPSA) is 66.6 Å². The Labute approximate surface area is 126 Å². The highest BCUT2D eigenvalue weighted by Crippen LogP contribution is 2.21. The molecule has 1 amide bonds. The highest BCUT2D eigenvalue weighted by Gasteiger charge is 2.25. The lowest BCUT2D eigenvalue weighted by atomic mass is 9.92. The Balaban J connectivity index is 0.00000200. The maximum absolute atomic E-state index is 12.2. The lowest BCUT2D eigenvalue weighted by Crippen LogP contribution is -2.41. The van der Waals surface area contributed by atoms with Crippen LogP contribution in [0.4, 0.5) is 5.69 Å². The van der Waals surface area contributed by atoms with Gasteiger partial charge in [0.15, 0.2) is 0 Å². The summed E-state index contributed by atoms with van der Waals surface area (Å²) < 4.78 is 0. The number of piperidine rings is 1. The van der Waals surface area contributed by atoms with Crippen molar-refractivity contribution in [3.05, 3.63) is 29.8 Å². The van der Waals surface area contributed by atoms with Crippen LogP contribution < -0.4 is 5.73 Å². The van der Waals surface area contributed by atoms with E-state index in [4.69, 9.17) is 5.73 Å². The molecule has 0 aliphatic carbocycles. The molecular weight excluding hydrogens is 276 g/mol. The number of aliphatic hydroxyl groups is 1. The molecule has 1 aliphatic heterocycles. The van der Waals surface area contributed by atoms with E-state index < -0.39 is 0 Å². The Kier molecular flexibility index (Phi) is 6.30. The summed E-state index contributed by atoms with van der Waals surface area (Å²) in [6.07, 6.45) is 1.86. The zero-order chi connectivity index (χ0) is 13.8. The summed E-state index contributed by atoms with van der Waals surface area (Å²) in [4.78, 5) is 14.1. The molecule has 0 spiro atoms. The molecule has 1 unspecified atom stereocenters. The van der Waals surface area contributed by atoms with Gasteiger partial charge >= 0.3 is 0 Å². The Morgan fingerprint density at radius 1 is 1.40 bits per heavy atom. The molecule has 0 radical (unpaired) electrons. The molecule has 1 aromatic rings. The maximum Gasteiger partial charge on any atom is 0.227 e. The van der Waals surface area contributed by atoms with E-state index in [-0.39, 0.29) is 24.4 Å². The van der Waals surface area contributed by atoms with E-state index in [0.717, 1.165) is 31.5 Å². The number of hydrogen-bond acceptors (Lipinski definition) is 3. The smallest absolute Gasteiger partial charge is 0.227 e. The van der Waals surface area contributed by atoms with Gasteiger partial charge < -0.3 is 15.7 Å². The van der Waals surface area contributed by atoms with Crippen molar-refractivity contribution in [2.75, 3.05) is 18.8 Å². The molecule has 1 atom stereocenters. The quantitative estimate of drug-likeness (QED) is 0.837. The maximum atomic E-state index is 12.2. The minimum atomic E-state index is -0.276. The number of carbonyl (C=O) groups excluding carboxylic acids is 1. The molecule has 20 heavy (non-hydrogen) atoms. The molecular formula is C15H23ClN2O2. The molecule has 0 aromatic heterocycles. The van der Waals surface area contributed by atoms with Gasteiger partial charge in [-0.2, -0.15) is 0 Å². The first kappa shape index (κ1) is 16.8. The highest BCUT2D eigenvalue weighted by molar-refractivity contribution is 5.85. The van der Waals surface area contributed by atoms with Crippen molar-refractivity contribution in [3.63, 3.8) is 0 Å². The van der Waals surface area contributed by atoms with E-state index in [9.17, 15) is 9.90 Å². The molecule has 3 N–H and O–H groups in total. The Bertz CT molecular complexity index is 443. The second-order valence-corrected chi connectivity index (χ2v) is 5.33. The van der Waals surface area contributed by atoms with E-state index in [1.165, 1.54) is 0 Å². The van der Waals surface area contributed by atoms with Gasteiger partial charge in [0.2, 0.25) is 5.91 Å². The van der Waals surface area contributed by atoms with Crippen molar-refractivity contribution >= 4 is 24.0 Å². The fraction of sp³-hybridized carbons (Fsp3) is 0.533. The van der Waals surface area contributed by atoms with Gasteiger partial charge in [-0.25, -0.2) is 0 Å². The third-order valence-corrected chi connectivity index (χ3v) is 3.97. The molecule has 1 aliphatic rings. The summed E-state index contributed by atoms with van der Waals surface area (Å²) in [7, 11) is 0. The molecule has 2 rings (SSSR count). The number of para-hydroxylation sites is 1. The molecule has 1 saturated heterocycles. The van der Waals surface area contributed by atoms with Crippen LogP contribution in [-0.2, 0) is 11.2 Å². The number of rotatable bonds is 3. The van der Waals surface area contributed by atoms with E-state index in [1.54, 1.807) is 0 Å². The standard InChI is InChI=1S/C15H22N2O2.ClH/c1-11(18)12-6-8-17(9-7-12)15(19)10-13-4-2-3-5-14(13)16;/h2-5,11-12,18H,6-10,16H2,1H3;1H. The van der Waals surface area contributed by atoms with Crippen LogP contribution in [0.25, 0.3) is 0 Å². The van der Waals surface area contributed by atoms with Crippen LogP contribution in [-0.4, -0.2) is 35.1 Å². The largest absolute Gasteiger partial charge is 0.398 e. The highest BCUT2D eigenvalue weighted by atomic mass is 35.5. The molecule has 0 saturated carbocycles. The number of aliphatic hydroxyl groups excluding tert-OH is 1. The molecule has 1 heterocycles. The predicted octanol–water partition coefficient (Wildman–Crippen LogP) is 1.85. The number of benzene rings is 1. The lowest BCUT2D eigenvalue weighted by Gasteiger charge is -2.33. The number of nitrogen functional groups attached to an aromatic ring is 1. The molecule has 1 fully saturated rings. The van der Waals surface area contributed by atoms with Crippen LogP contribution in [0.2, 0.25) is 0 Å². The van der Waals surface area contributed by atoms with Crippen LogP contribution in [0, 0.1) is 5.92 Å². The van der Waals surface area contributed by atoms with Gasteiger partial charge in [-0.1, -0.05) is 18.2 Å². The van der Waals surface area contributed by atoms with Crippen molar-refractivity contribution in [1.82, 2.24) is 4.90 Å². The number of anilines is 1. The van der Waals surface area contributed by atoms with Gasteiger partial charge in [-0.05, 0) is 37.3 Å². The molecule has 0 bridgehead atoms. The van der Waals surface area contributed by atoms with Gasteiger partial charge in [-0.3, -0.25) is 4.79 Å². The number of hydrogen-bond donors (Lipinski definition) is 2. The third kappa shape index (κ3) is 4.12. The van der Waals surface area contributed by atoms with Crippen molar-refractivity contribution in [2.24, 2.45) is 5.92 Å². The van der Waals surface area contributed by atoms with Crippen molar-refractivity contribution < 1.29 is 9.90 Å². The molecule has 112 valence electrons. The summed E-state index contributed by atoms with van der Waals surface area (Å²) in [6.45, 7) is 3.30. The Morgan fingerprint density at radius 3 is 2.55 bits per heavy atom. The fourth-order valence-corrected chi connectivity index (χ4v) is 2.60. The lowest BCUT2D eigenvalue weighted by molar-refractivity contribution is -0.132. The van der Waals surface area contributed by atoms with Crippen LogP contribution >= 0.6 is 12.4 Å². The SMILES string of the molecule is CC(O)C1CCN(C(=O)Cc2ccccc2N)CC1.Cl. The minimum absolute atomic E-state index is 0. The Hall–Kier alpha value is -1.26. The number of nitrogens with zero attached hydrogens (tertiary/aromatic N) is 1. The Morgan fingerprint density at radius 2 is 2.00 bits per heavy atom. The van der Waals surface area contributed by atoms with Crippen molar-refractivity contribution in [3.8, 4) is 0 Å². The van der Waals surface area contributed by atoms with Crippen molar-refractivity contribution in [1.29, 1.82) is 0 Å². The summed E-state index contributed by atoms with van der Waals surface area (Å²) in [5, 5.41) is 9.55. The van der Waals surface area contributed by atoms with E-state index in [1.807, 2.05) is 36.1 Å². The minimum Gasteiger partial charge on any atom is -0.398 e.